The van der Waals surface area contributed by atoms with Gasteiger partial charge in [-0.05, 0) is 25.3 Å². The fourth-order valence-corrected chi connectivity index (χ4v) is 2.90. The molecule has 0 saturated carbocycles. The molecule has 1 amide bonds. The monoisotopic (exact) mass is 275 g/mol. The molecule has 1 saturated heterocycles. The molecule has 1 aliphatic heterocycles. The molecule has 4 heteroatoms. The summed E-state index contributed by atoms with van der Waals surface area (Å²) < 4.78 is 0. The molecule has 1 aromatic rings. The number of hydrogen-bond donors (Lipinski definition) is 2. The maximum absolute atomic E-state index is 12.1. The van der Waals surface area contributed by atoms with Crippen LogP contribution < -0.4 is 11.1 Å². The maximum Gasteiger partial charge on any atom is 0.234 e. The normalized spacial score (nSPS) is 23.5. The van der Waals surface area contributed by atoms with Gasteiger partial charge >= 0.3 is 0 Å². The summed E-state index contributed by atoms with van der Waals surface area (Å²) in [5.41, 5.74) is 6.95. The van der Waals surface area contributed by atoms with Crippen LogP contribution in [0.2, 0.25) is 0 Å². The van der Waals surface area contributed by atoms with E-state index >= 15 is 0 Å². The molecule has 20 heavy (non-hydrogen) atoms. The maximum atomic E-state index is 12.1. The summed E-state index contributed by atoms with van der Waals surface area (Å²) in [5.74, 6) is 0.0843. The van der Waals surface area contributed by atoms with E-state index in [1.165, 1.54) is 6.42 Å². The third-order valence-electron chi connectivity index (χ3n) is 4.13. The van der Waals surface area contributed by atoms with Crippen LogP contribution in [0.1, 0.15) is 31.7 Å². The number of nitrogens with zero attached hydrogens (tertiary/aromatic N) is 1. The Balaban J connectivity index is 1.83. The van der Waals surface area contributed by atoms with Crippen LogP contribution in [0.4, 0.5) is 0 Å². The molecule has 0 aliphatic carbocycles. The molecule has 0 spiro atoms. The van der Waals surface area contributed by atoms with E-state index in [4.69, 9.17) is 5.73 Å². The molecule has 1 fully saturated rings. The summed E-state index contributed by atoms with van der Waals surface area (Å²) in [4.78, 5) is 14.4. The van der Waals surface area contributed by atoms with Crippen LogP contribution in [0.25, 0.3) is 0 Å². The fourth-order valence-electron chi connectivity index (χ4n) is 2.90. The van der Waals surface area contributed by atoms with Crippen molar-refractivity contribution in [1.29, 1.82) is 0 Å². The van der Waals surface area contributed by atoms with Crippen LogP contribution in [0.5, 0.6) is 0 Å². The van der Waals surface area contributed by atoms with Gasteiger partial charge in [-0.3, -0.25) is 9.69 Å². The number of likely N-dealkylation sites (tertiary alicyclic amines) is 1. The van der Waals surface area contributed by atoms with Crippen molar-refractivity contribution in [1.82, 2.24) is 10.2 Å². The zero-order valence-electron chi connectivity index (χ0n) is 12.2. The lowest BCUT2D eigenvalue weighted by Gasteiger charge is -2.39. The Labute approximate surface area is 121 Å². The van der Waals surface area contributed by atoms with Crippen molar-refractivity contribution < 1.29 is 4.79 Å². The SMILES string of the molecule is CC1CCCC(CN)N1CC(=O)NCc1ccccc1. The van der Waals surface area contributed by atoms with Gasteiger partial charge in [0.1, 0.15) is 0 Å². The largest absolute Gasteiger partial charge is 0.351 e. The van der Waals surface area contributed by atoms with Gasteiger partial charge in [-0.15, -0.1) is 0 Å². The van der Waals surface area contributed by atoms with Gasteiger partial charge in [-0.25, -0.2) is 0 Å². The molecule has 2 rings (SSSR count). The molecule has 110 valence electrons. The predicted molar refractivity (Wildman–Crippen MR) is 81.2 cm³/mol. The number of benzene rings is 1. The summed E-state index contributed by atoms with van der Waals surface area (Å²) in [7, 11) is 0. The smallest absolute Gasteiger partial charge is 0.234 e. The van der Waals surface area contributed by atoms with Crippen LogP contribution in [-0.4, -0.2) is 36.0 Å². The Kier molecular flexibility index (Phi) is 5.56. The van der Waals surface area contributed by atoms with Crippen molar-refractivity contribution in [3.63, 3.8) is 0 Å². The lowest BCUT2D eigenvalue weighted by molar-refractivity contribution is -0.124. The van der Waals surface area contributed by atoms with E-state index in [9.17, 15) is 4.79 Å². The van der Waals surface area contributed by atoms with Crippen molar-refractivity contribution in [3.8, 4) is 0 Å². The van der Waals surface area contributed by atoms with Gasteiger partial charge in [-0.2, -0.15) is 0 Å². The minimum atomic E-state index is 0.0843. The molecule has 4 nitrogen and oxygen atoms in total. The summed E-state index contributed by atoms with van der Waals surface area (Å²) in [5, 5.41) is 2.99. The lowest BCUT2D eigenvalue weighted by atomic mass is 9.96. The van der Waals surface area contributed by atoms with E-state index < -0.39 is 0 Å². The van der Waals surface area contributed by atoms with Gasteiger partial charge in [0.15, 0.2) is 0 Å². The van der Waals surface area contributed by atoms with Crippen molar-refractivity contribution in [2.75, 3.05) is 13.1 Å². The Morgan fingerprint density at radius 2 is 2.10 bits per heavy atom. The van der Waals surface area contributed by atoms with E-state index in [0.29, 0.717) is 31.7 Å². The average molecular weight is 275 g/mol. The van der Waals surface area contributed by atoms with Gasteiger partial charge in [0, 0.05) is 25.2 Å². The Bertz CT molecular complexity index is 421. The van der Waals surface area contributed by atoms with Gasteiger partial charge in [0.2, 0.25) is 5.91 Å². The highest BCUT2D eigenvalue weighted by Crippen LogP contribution is 2.21. The van der Waals surface area contributed by atoms with Gasteiger partial charge in [0.05, 0.1) is 6.54 Å². The summed E-state index contributed by atoms with van der Waals surface area (Å²) in [6.07, 6.45) is 3.47. The Morgan fingerprint density at radius 1 is 1.35 bits per heavy atom. The molecule has 0 bridgehead atoms. The topological polar surface area (TPSA) is 58.4 Å². The van der Waals surface area contributed by atoms with E-state index in [1.54, 1.807) is 0 Å². The number of carbonyl (C=O) groups is 1. The molecule has 0 radical (unpaired) electrons. The van der Waals surface area contributed by atoms with Crippen molar-refractivity contribution in [2.24, 2.45) is 5.73 Å². The van der Waals surface area contributed by atoms with Crippen molar-refractivity contribution in [3.05, 3.63) is 35.9 Å². The number of nitrogens with two attached hydrogens (primary N) is 1. The van der Waals surface area contributed by atoms with Crippen LogP contribution in [0.15, 0.2) is 30.3 Å². The summed E-state index contributed by atoms with van der Waals surface area (Å²) in [6, 6.07) is 10.8. The zero-order valence-corrected chi connectivity index (χ0v) is 12.2. The average Bonchev–Trinajstić information content (AvgIpc) is 2.48. The fraction of sp³-hybridized carbons (Fsp3) is 0.562. The Morgan fingerprint density at radius 3 is 2.80 bits per heavy atom. The second-order valence-electron chi connectivity index (χ2n) is 5.60. The number of amides is 1. The molecule has 2 atom stereocenters. The predicted octanol–water partition coefficient (Wildman–Crippen LogP) is 1.50. The van der Waals surface area contributed by atoms with E-state index in [2.05, 4.69) is 17.1 Å². The van der Waals surface area contributed by atoms with Crippen molar-refractivity contribution in [2.45, 2.75) is 44.8 Å². The molecule has 2 unspecified atom stereocenters. The van der Waals surface area contributed by atoms with E-state index in [0.717, 1.165) is 18.4 Å². The first kappa shape index (κ1) is 15.0. The zero-order chi connectivity index (χ0) is 14.4. The Hall–Kier alpha value is -1.39. The molecule has 1 aliphatic rings. The molecule has 1 aromatic carbocycles. The molecule has 0 aromatic heterocycles. The van der Waals surface area contributed by atoms with Crippen LogP contribution in [-0.2, 0) is 11.3 Å². The third kappa shape index (κ3) is 4.05. The van der Waals surface area contributed by atoms with Crippen LogP contribution in [0.3, 0.4) is 0 Å². The highest BCUT2D eigenvalue weighted by molar-refractivity contribution is 5.78. The second-order valence-corrected chi connectivity index (χ2v) is 5.60. The number of nitrogens with one attached hydrogen (secondary N) is 1. The standard InChI is InChI=1S/C16H25N3O/c1-13-6-5-9-15(10-17)19(13)12-16(20)18-11-14-7-3-2-4-8-14/h2-4,7-8,13,15H,5-6,9-12,17H2,1H3,(H,18,20). The van der Waals surface area contributed by atoms with Crippen LogP contribution >= 0.6 is 0 Å². The third-order valence-corrected chi connectivity index (χ3v) is 4.13. The van der Waals surface area contributed by atoms with Crippen LogP contribution in [0, 0.1) is 0 Å². The second kappa shape index (κ2) is 7.41. The van der Waals surface area contributed by atoms with Gasteiger partial charge in [0.25, 0.3) is 0 Å². The minimum Gasteiger partial charge on any atom is -0.351 e. The number of rotatable bonds is 5. The molecule has 3 N–H and O–H groups in total. The molecular weight excluding hydrogens is 250 g/mol. The highest BCUT2D eigenvalue weighted by atomic mass is 16.2. The highest BCUT2D eigenvalue weighted by Gasteiger charge is 2.28. The van der Waals surface area contributed by atoms with E-state index in [1.807, 2.05) is 30.3 Å². The summed E-state index contributed by atoms with van der Waals surface area (Å²) >= 11 is 0. The quantitative estimate of drug-likeness (QED) is 0.856. The number of hydrogen-bond acceptors (Lipinski definition) is 3. The summed E-state index contributed by atoms with van der Waals surface area (Å²) in [6.45, 7) is 3.87. The molecule has 1 heterocycles. The van der Waals surface area contributed by atoms with Crippen molar-refractivity contribution >= 4 is 5.91 Å². The lowest BCUT2D eigenvalue weighted by Crippen LogP contribution is -2.52. The van der Waals surface area contributed by atoms with Gasteiger partial charge < -0.3 is 11.1 Å². The first-order valence-corrected chi connectivity index (χ1v) is 7.47. The first-order valence-electron chi connectivity index (χ1n) is 7.47. The number of carbonyl (C=O) groups excluding carboxylic acids is 1. The van der Waals surface area contributed by atoms with E-state index in [-0.39, 0.29) is 5.91 Å². The minimum absolute atomic E-state index is 0.0843. The molecular formula is C16H25N3O. The first-order chi connectivity index (χ1) is 9.70. The number of piperidine rings is 1. The van der Waals surface area contributed by atoms with Gasteiger partial charge in [-0.1, -0.05) is 36.8 Å².